The number of nitrogens with one attached hydrogen (secondary N) is 1. The molecule has 9 heteroatoms. The fraction of sp³-hybridized carbons (Fsp3) is 0.0526. The van der Waals surface area contributed by atoms with Crippen LogP contribution in [0, 0.1) is 0 Å². The largest absolute Gasteiger partial charge is 0.471 e. The second kappa shape index (κ2) is 7.79. The summed E-state index contributed by atoms with van der Waals surface area (Å²) in [6, 6.07) is 12.6. The lowest BCUT2D eigenvalue weighted by Crippen LogP contribution is -2.13. The fourth-order valence-electron chi connectivity index (χ4n) is 2.56. The molecule has 0 unspecified atom stereocenters. The van der Waals surface area contributed by atoms with Crippen LogP contribution >= 0.6 is 22.9 Å². The Labute approximate surface area is 169 Å². The van der Waals surface area contributed by atoms with E-state index in [1.54, 1.807) is 24.3 Å². The van der Waals surface area contributed by atoms with Crippen molar-refractivity contribution in [2.45, 2.75) is 6.61 Å². The van der Waals surface area contributed by atoms with Crippen molar-refractivity contribution in [1.82, 2.24) is 15.2 Å². The number of anilines is 2. The lowest BCUT2D eigenvalue weighted by Gasteiger charge is -2.10. The average Bonchev–Trinajstić information content (AvgIpc) is 3.20. The Morgan fingerprint density at radius 3 is 2.79 bits per heavy atom. The lowest BCUT2D eigenvalue weighted by atomic mass is 10.2. The van der Waals surface area contributed by atoms with Crippen LogP contribution in [-0.2, 0) is 6.61 Å². The number of fused-ring (bicyclic) bond motifs is 1. The third-order valence-electron chi connectivity index (χ3n) is 3.91. The number of pyridine rings is 1. The van der Waals surface area contributed by atoms with E-state index in [0.717, 1.165) is 21.3 Å². The number of thiophene rings is 1. The van der Waals surface area contributed by atoms with Gasteiger partial charge in [0.15, 0.2) is 5.82 Å². The molecule has 0 fully saturated rings. The third-order valence-corrected chi connectivity index (χ3v) is 5.07. The van der Waals surface area contributed by atoms with E-state index < -0.39 is 5.91 Å². The van der Waals surface area contributed by atoms with Crippen LogP contribution in [0.1, 0.15) is 16.1 Å². The quantitative estimate of drug-likeness (QED) is 0.493. The van der Waals surface area contributed by atoms with E-state index in [0.29, 0.717) is 16.7 Å². The van der Waals surface area contributed by atoms with Crippen LogP contribution in [-0.4, -0.2) is 21.1 Å². The minimum absolute atomic E-state index is 0.191. The number of ether oxygens (including phenoxy) is 1. The summed E-state index contributed by atoms with van der Waals surface area (Å²) in [5.74, 6) is 0.467. The molecule has 4 aromatic rings. The van der Waals surface area contributed by atoms with Crippen LogP contribution in [0.4, 0.5) is 11.5 Å². The topological polar surface area (TPSA) is 103 Å². The number of nitrogens with two attached hydrogens (primary N) is 1. The molecule has 0 aliphatic rings. The Bertz CT molecular complexity index is 1150. The van der Waals surface area contributed by atoms with Gasteiger partial charge in [0.05, 0.1) is 0 Å². The second-order valence-electron chi connectivity index (χ2n) is 5.85. The van der Waals surface area contributed by atoms with Crippen molar-refractivity contribution in [2.24, 2.45) is 5.73 Å². The fourth-order valence-corrected chi connectivity index (χ4v) is 3.52. The van der Waals surface area contributed by atoms with Gasteiger partial charge < -0.3 is 15.8 Å². The zero-order valence-corrected chi connectivity index (χ0v) is 16.0. The first kappa shape index (κ1) is 18.1. The molecule has 0 radical (unpaired) electrons. The van der Waals surface area contributed by atoms with Crippen molar-refractivity contribution in [3.63, 3.8) is 0 Å². The molecule has 1 amide bonds. The minimum Gasteiger partial charge on any atom is -0.471 e. The normalized spacial score (nSPS) is 10.8. The van der Waals surface area contributed by atoms with Gasteiger partial charge in [0, 0.05) is 22.3 Å². The Morgan fingerprint density at radius 1 is 1.18 bits per heavy atom. The third kappa shape index (κ3) is 3.88. The second-order valence-corrected chi connectivity index (χ2v) is 7.20. The number of halogens is 1. The van der Waals surface area contributed by atoms with Crippen molar-refractivity contribution in [1.29, 1.82) is 0 Å². The number of nitrogens with zero attached hydrogens (tertiary/aromatic N) is 3. The Balaban J connectivity index is 1.56. The molecule has 4 rings (SSSR count). The van der Waals surface area contributed by atoms with Gasteiger partial charge in [-0.05, 0) is 53.4 Å². The smallest absolute Gasteiger partial charge is 0.267 e. The molecule has 140 valence electrons. The zero-order chi connectivity index (χ0) is 19.5. The first-order chi connectivity index (χ1) is 13.6. The highest BCUT2D eigenvalue weighted by Crippen LogP contribution is 2.34. The molecule has 0 bridgehead atoms. The highest BCUT2D eigenvalue weighted by molar-refractivity contribution is 7.17. The summed E-state index contributed by atoms with van der Waals surface area (Å²) in [4.78, 5) is 15.2. The summed E-state index contributed by atoms with van der Waals surface area (Å²) in [6.45, 7) is 0.217. The molecule has 0 aliphatic heterocycles. The van der Waals surface area contributed by atoms with Crippen molar-refractivity contribution in [2.75, 3.05) is 5.32 Å². The van der Waals surface area contributed by atoms with Crippen molar-refractivity contribution in [3.8, 4) is 5.88 Å². The number of rotatable bonds is 6. The molecule has 0 atom stereocenters. The predicted molar refractivity (Wildman–Crippen MR) is 109 cm³/mol. The molecule has 7 nitrogen and oxygen atoms in total. The first-order valence-corrected chi connectivity index (χ1v) is 9.50. The maximum atomic E-state index is 11.3. The molecule has 0 saturated heterocycles. The van der Waals surface area contributed by atoms with Gasteiger partial charge in [-0.3, -0.25) is 9.78 Å². The van der Waals surface area contributed by atoms with Gasteiger partial charge in [-0.1, -0.05) is 11.6 Å². The summed E-state index contributed by atoms with van der Waals surface area (Å²) in [5.41, 5.74) is 7.07. The van der Waals surface area contributed by atoms with Crippen molar-refractivity contribution < 1.29 is 9.53 Å². The summed E-state index contributed by atoms with van der Waals surface area (Å²) in [5, 5.41) is 15.2. The average molecular weight is 412 g/mol. The first-order valence-electron chi connectivity index (χ1n) is 8.24. The number of aromatic nitrogens is 3. The number of carbonyl (C=O) groups excluding carboxylic acids is 1. The van der Waals surface area contributed by atoms with Crippen LogP contribution in [0.15, 0.2) is 54.0 Å². The lowest BCUT2D eigenvalue weighted by molar-refractivity contribution is 0.0995. The number of carbonyl (C=O) groups is 1. The zero-order valence-electron chi connectivity index (χ0n) is 14.4. The van der Waals surface area contributed by atoms with E-state index >= 15 is 0 Å². The SMILES string of the molecule is NC(=O)c1cc(COc2nnc(Nc3ccc(Cl)cc3)c3ccsc23)ccn1. The van der Waals surface area contributed by atoms with Crippen LogP contribution in [0.2, 0.25) is 5.02 Å². The Kier molecular flexibility index (Phi) is 5.05. The predicted octanol–water partition coefficient (Wildman–Crippen LogP) is 4.16. The highest BCUT2D eigenvalue weighted by atomic mass is 35.5. The van der Waals surface area contributed by atoms with E-state index in [9.17, 15) is 4.79 Å². The van der Waals surface area contributed by atoms with Crippen LogP contribution in [0.3, 0.4) is 0 Å². The van der Waals surface area contributed by atoms with Crippen molar-refractivity contribution in [3.05, 3.63) is 70.3 Å². The van der Waals surface area contributed by atoms with Crippen LogP contribution in [0.25, 0.3) is 10.1 Å². The molecule has 3 aromatic heterocycles. The van der Waals surface area contributed by atoms with Gasteiger partial charge >= 0.3 is 0 Å². The Hall–Kier alpha value is -3.23. The van der Waals surface area contributed by atoms with Crippen LogP contribution < -0.4 is 15.8 Å². The van der Waals surface area contributed by atoms with Gasteiger partial charge in [0.2, 0.25) is 0 Å². The minimum atomic E-state index is -0.583. The van der Waals surface area contributed by atoms with E-state index in [4.69, 9.17) is 22.1 Å². The highest BCUT2D eigenvalue weighted by Gasteiger charge is 2.13. The Morgan fingerprint density at radius 2 is 2.00 bits per heavy atom. The van der Waals surface area contributed by atoms with Gasteiger partial charge in [0.1, 0.15) is 17.0 Å². The number of hydrogen-bond acceptors (Lipinski definition) is 7. The summed E-state index contributed by atoms with van der Waals surface area (Å²) in [7, 11) is 0. The van der Waals surface area contributed by atoms with E-state index in [-0.39, 0.29) is 12.3 Å². The molecule has 3 N–H and O–H groups in total. The molecular weight excluding hydrogens is 398 g/mol. The number of primary amides is 1. The standard InChI is InChI=1S/C19H14ClN5O2S/c20-12-1-3-13(4-2-12)23-18-14-6-8-28-16(14)19(25-24-18)27-10-11-5-7-22-15(9-11)17(21)26/h1-9H,10H2,(H2,21,26)(H,23,24). The monoisotopic (exact) mass is 411 g/mol. The van der Waals surface area contributed by atoms with Crippen molar-refractivity contribution >= 4 is 50.4 Å². The maximum absolute atomic E-state index is 11.3. The van der Waals surface area contributed by atoms with Gasteiger partial charge in [-0.15, -0.1) is 21.5 Å². The summed E-state index contributed by atoms with van der Waals surface area (Å²) < 4.78 is 6.70. The molecule has 3 heterocycles. The number of benzene rings is 1. The summed E-state index contributed by atoms with van der Waals surface area (Å²) in [6.07, 6.45) is 1.52. The molecule has 0 aliphatic carbocycles. The molecule has 0 spiro atoms. The van der Waals surface area contributed by atoms with E-state index in [1.807, 2.05) is 23.6 Å². The van der Waals surface area contributed by atoms with Gasteiger partial charge in [0.25, 0.3) is 11.8 Å². The maximum Gasteiger partial charge on any atom is 0.267 e. The number of hydrogen-bond donors (Lipinski definition) is 2. The number of amides is 1. The van der Waals surface area contributed by atoms with Gasteiger partial charge in [-0.25, -0.2) is 0 Å². The van der Waals surface area contributed by atoms with E-state index in [2.05, 4.69) is 20.5 Å². The summed E-state index contributed by atoms with van der Waals surface area (Å²) >= 11 is 7.43. The molecule has 1 aromatic carbocycles. The van der Waals surface area contributed by atoms with E-state index in [1.165, 1.54) is 17.5 Å². The molecule has 0 saturated carbocycles. The van der Waals surface area contributed by atoms with Gasteiger partial charge in [-0.2, -0.15) is 0 Å². The van der Waals surface area contributed by atoms with Crippen LogP contribution in [0.5, 0.6) is 5.88 Å². The molecule has 28 heavy (non-hydrogen) atoms. The molecular formula is C19H14ClN5O2S.